The van der Waals surface area contributed by atoms with Crippen LogP contribution in [0.5, 0.6) is 0 Å². The van der Waals surface area contributed by atoms with Gasteiger partial charge in [0.25, 0.3) is 5.43 Å². The lowest BCUT2D eigenvalue weighted by molar-refractivity contribution is 1.56. The molecule has 0 N–H and O–H groups in total. The molecule has 0 aliphatic carbocycles. The number of benzene rings is 1. The number of hydrogen-bond acceptors (Lipinski definition) is 4. The first-order chi connectivity index (χ1) is 7.20. The molecule has 15 heavy (non-hydrogen) atoms. The zero-order valence-electron chi connectivity index (χ0n) is 7.44. The Hall–Kier alpha value is -1.81. The molecule has 0 saturated heterocycles. The van der Waals surface area contributed by atoms with Crippen molar-refractivity contribution in [2.75, 3.05) is 0 Å². The summed E-state index contributed by atoms with van der Waals surface area (Å²) in [6, 6.07) is 7.22. The molecule has 0 radical (unpaired) electrons. The van der Waals surface area contributed by atoms with Gasteiger partial charge in [0.2, 0.25) is 10.9 Å². The van der Waals surface area contributed by atoms with E-state index in [0.717, 1.165) is 4.70 Å². The molecule has 0 saturated carbocycles. The molecule has 3 nitrogen and oxygen atoms in total. The summed E-state index contributed by atoms with van der Waals surface area (Å²) in [4.78, 5) is 34.1. The second-order valence-electron chi connectivity index (χ2n) is 3.29. The Labute approximate surface area is 86.9 Å². The normalized spacial score (nSPS) is 11.5. The van der Waals surface area contributed by atoms with Gasteiger partial charge in [-0.05, 0) is 6.07 Å². The molecule has 0 spiro atoms. The number of thiophene rings is 1. The summed E-state index contributed by atoms with van der Waals surface area (Å²) in [5, 5.41) is 1.01. The highest BCUT2D eigenvalue weighted by Crippen LogP contribution is 2.28. The van der Waals surface area contributed by atoms with E-state index in [-0.39, 0.29) is 0 Å². The van der Waals surface area contributed by atoms with Crippen LogP contribution in [0.2, 0.25) is 0 Å². The van der Waals surface area contributed by atoms with E-state index in [2.05, 4.69) is 0 Å². The Bertz CT molecular complexity index is 819. The molecule has 1 heterocycles. The predicted octanol–water partition coefficient (Wildman–Crippen LogP) is 1.01. The van der Waals surface area contributed by atoms with Crippen LogP contribution < -0.4 is 16.3 Å². The van der Waals surface area contributed by atoms with E-state index in [9.17, 15) is 14.4 Å². The largest absolute Gasteiger partial charge is 0.285 e. The standard InChI is InChI=1S/C11H4O3S/c12-8-7-5-3-1-2-4-6(5)15-11(7)10(14)9(8)13/h1-4H. The Balaban J connectivity index is 2.85. The average molecular weight is 216 g/mol. The highest BCUT2D eigenvalue weighted by molar-refractivity contribution is 7.25. The maximum Gasteiger partial charge on any atom is 0.274 e. The molecule has 0 unspecified atom stereocenters. The van der Waals surface area contributed by atoms with Gasteiger partial charge in [0.1, 0.15) is 0 Å². The van der Waals surface area contributed by atoms with Gasteiger partial charge in [-0.2, -0.15) is 0 Å². The summed E-state index contributed by atoms with van der Waals surface area (Å²) >= 11 is 1.21. The number of hydrogen-bond donors (Lipinski definition) is 0. The van der Waals surface area contributed by atoms with E-state index in [1.807, 2.05) is 12.1 Å². The molecule has 4 heteroatoms. The van der Waals surface area contributed by atoms with Crippen LogP contribution in [0.15, 0.2) is 38.6 Å². The number of fused-ring (bicyclic) bond motifs is 3. The molecule has 0 fully saturated rings. The van der Waals surface area contributed by atoms with Gasteiger partial charge in [0.15, 0.2) is 0 Å². The third-order valence-corrected chi connectivity index (χ3v) is 3.61. The molecule has 1 aromatic heterocycles. The fraction of sp³-hybridized carbons (Fsp3) is 0. The van der Waals surface area contributed by atoms with Crippen molar-refractivity contribution in [2.24, 2.45) is 0 Å². The minimum atomic E-state index is -0.901. The van der Waals surface area contributed by atoms with Crippen LogP contribution in [-0.2, 0) is 0 Å². The van der Waals surface area contributed by atoms with Crippen molar-refractivity contribution < 1.29 is 0 Å². The van der Waals surface area contributed by atoms with E-state index in [4.69, 9.17) is 0 Å². The average Bonchev–Trinajstić information content (AvgIpc) is 2.72. The van der Waals surface area contributed by atoms with Gasteiger partial charge >= 0.3 is 0 Å². The van der Waals surface area contributed by atoms with Gasteiger partial charge in [0.05, 0.1) is 10.1 Å². The van der Waals surface area contributed by atoms with Crippen molar-refractivity contribution in [2.45, 2.75) is 0 Å². The van der Waals surface area contributed by atoms with Gasteiger partial charge in [-0.3, -0.25) is 14.4 Å². The zero-order valence-corrected chi connectivity index (χ0v) is 8.26. The second kappa shape index (κ2) is 2.61. The first kappa shape index (κ1) is 8.49. The van der Waals surface area contributed by atoms with Gasteiger partial charge in [-0.1, -0.05) is 18.2 Å². The van der Waals surface area contributed by atoms with E-state index in [1.165, 1.54) is 11.3 Å². The molecule has 0 aliphatic heterocycles. The quantitative estimate of drug-likeness (QED) is 0.527. The van der Waals surface area contributed by atoms with E-state index >= 15 is 0 Å². The molecule has 0 atom stereocenters. The van der Waals surface area contributed by atoms with Crippen LogP contribution >= 0.6 is 11.3 Å². The molecule has 3 aromatic rings. The zero-order chi connectivity index (χ0) is 10.6. The Morgan fingerprint density at radius 1 is 0.867 bits per heavy atom. The van der Waals surface area contributed by atoms with Crippen molar-refractivity contribution in [1.82, 2.24) is 0 Å². The van der Waals surface area contributed by atoms with Gasteiger partial charge in [0, 0.05) is 10.1 Å². The summed E-state index contributed by atoms with van der Waals surface area (Å²) in [6.45, 7) is 0. The summed E-state index contributed by atoms with van der Waals surface area (Å²) in [6.07, 6.45) is 0. The smallest absolute Gasteiger partial charge is 0.274 e. The molecular formula is C11H4O3S. The maximum atomic E-state index is 11.5. The number of rotatable bonds is 0. The second-order valence-corrected chi connectivity index (χ2v) is 4.34. The molecule has 72 valence electrons. The summed E-state index contributed by atoms with van der Waals surface area (Å²) < 4.78 is 1.17. The van der Waals surface area contributed by atoms with Gasteiger partial charge in [-0.15, -0.1) is 11.3 Å². The highest BCUT2D eigenvalue weighted by atomic mass is 32.1. The molecule has 3 rings (SSSR count). The highest BCUT2D eigenvalue weighted by Gasteiger charge is 2.17. The first-order valence-electron chi connectivity index (χ1n) is 4.35. The van der Waals surface area contributed by atoms with Crippen LogP contribution in [0.1, 0.15) is 0 Å². The van der Waals surface area contributed by atoms with E-state index in [1.54, 1.807) is 12.1 Å². The van der Waals surface area contributed by atoms with E-state index < -0.39 is 16.3 Å². The topological polar surface area (TPSA) is 51.2 Å². The van der Waals surface area contributed by atoms with Crippen molar-refractivity contribution >= 4 is 31.5 Å². The van der Waals surface area contributed by atoms with Crippen molar-refractivity contribution in [3.8, 4) is 0 Å². The van der Waals surface area contributed by atoms with E-state index in [0.29, 0.717) is 15.5 Å². The van der Waals surface area contributed by atoms with Crippen molar-refractivity contribution in [3.63, 3.8) is 0 Å². The molecule has 2 aromatic carbocycles. The van der Waals surface area contributed by atoms with Crippen molar-refractivity contribution in [1.29, 1.82) is 0 Å². The summed E-state index contributed by atoms with van der Waals surface area (Å²) in [5.74, 6) is 0. The van der Waals surface area contributed by atoms with Crippen LogP contribution in [-0.4, -0.2) is 0 Å². The van der Waals surface area contributed by atoms with Crippen LogP contribution in [0.4, 0.5) is 0 Å². The minimum Gasteiger partial charge on any atom is -0.285 e. The molecule has 0 bridgehead atoms. The van der Waals surface area contributed by atoms with Gasteiger partial charge in [-0.25, -0.2) is 0 Å². The summed E-state index contributed by atoms with van der Waals surface area (Å²) in [7, 11) is 0. The lowest BCUT2D eigenvalue weighted by Crippen LogP contribution is -2.29. The van der Waals surface area contributed by atoms with Gasteiger partial charge < -0.3 is 0 Å². The maximum absolute atomic E-state index is 11.5. The SMILES string of the molecule is O=c1c(=O)c2sc3ccccc3c2c1=O. The van der Waals surface area contributed by atoms with Crippen LogP contribution in [0.25, 0.3) is 20.2 Å². The molecule has 0 aliphatic rings. The monoisotopic (exact) mass is 216 g/mol. The Kier molecular flexibility index (Phi) is 1.48. The molecule has 0 amide bonds. The minimum absolute atomic E-state index is 0.297. The van der Waals surface area contributed by atoms with Crippen LogP contribution in [0, 0.1) is 0 Å². The lowest BCUT2D eigenvalue weighted by atomic mass is 10.2. The first-order valence-corrected chi connectivity index (χ1v) is 5.16. The Morgan fingerprint density at radius 2 is 1.60 bits per heavy atom. The fourth-order valence-electron chi connectivity index (χ4n) is 1.75. The van der Waals surface area contributed by atoms with Crippen LogP contribution in [0.3, 0.4) is 0 Å². The summed E-state index contributed by atoms with van der Waals surface area (Å²) in [5.41, 5.74) is -2.22. The third kappa shape index (κ3) is 0.915. The fourth-order valence-corrected chi connectivity index (χ4v) is 2.89. The molecular weight excluding hydrogens is 212 g/mol. The lowest BCUT2D eigenvalue weighted by Gasteiger charge is -1.84. The Morgan fingerprint density at radius 3 is 2.40 bits per heavy atom. The predicted molar refractivity (Wildman–Crippen MR) is 60.5 cm³/mol. The van der Waals surface area contributed by atoms with Crippen molar-refractivity contribution in [3.05, 3.63) is 54.9 Å². The third-order valence-electron chi connectivity index (χ3n) is 2.44.